The van der Waals surface area contributed by atoms with Gasteiger partial charge in [-0.3, -0.25) is 0 Å². The van der Waals surface area contributed by atoms with Gasteiger partial charge in [-0.1, -0.05) is 22.6 Å². The number of rotatable bonds is 1. The van der Waals surface area contributed by atoms with Crippen LogP contribution in [0.25, 0.3) is 0 Å². The van der Waals surface area contributed by atoms with E-state index in [1.54, 1.807) is 6.92 Å². The lowest BCUT2D eigenvalue weighted by Gasteiger charge is -2.31. The monoisotopic (exact) mass is 344 g/mol. The Balaban J connectivity index is 2.26. The van der Waals surface area contributed by atoms with Crippen molar-refractivity contribution >= 4 is 32.4 Å². The van der Waals surface area contributed by atoms with Gasteiger partial charge in [-0.05, 0) is 33.1 Å². The molecule has 2 fully saturated rings. The van der Waals surface area contributed by atoms with Crippen molar-refractivity contribution in [3.8, 4) is 0 Å². The molecular formula is C10H17IO3S. The lowest BCUT2D eigenvalue weighted by molar-refractivity contribution is -0.0781. The maximum Gasteiger partial charge on any atom is 0.155 e. The molecule has 2 rings (SSSR count). The van der Waals surface area contributed by atoms with E-state index >= 15 is 0 Å². The Kier molecular flexibility index (Phi) is 2.88. The molecule has 0 aromatic carbocycles. The molecular weight excluding hydrogens is 327 g/mol. The van der Waals surface area contributed by atoms with Crippen LogP contribution in [-0.2, 0) is 14.6 Å². The van der Waals surface area contributed by atoms with Crippen LogP contribution >= 0.6 is 22.6 Å². The van der Waals surface area contributed by atoms with Crippen LogP contribution in [0.1, 0.15) is 33.1 Å². The number of ether oxygens (including phenoxy) is 1. The molecule has 2 heterocycles. The minimum Gasteiger partial charge on any atom is -0.367 e. The maximum atomic E-state index is 11.7. The van der Waals surface area contributed by atoms with E-state index in [9.17, 15) is 8.42 Å². The van der Waals surface area contributed by atoms with Gasteiger partial charge in [0.05, 0.1) is 22.2 Å². The Bertz CT molecular complexity index is 367. The third-order valence-electron chi connectivity index (χ3n) is 3.90. The van der Waals surface area contributed by atoms with Crippen molar-refractivity contribution in [3.63, 3.8) is 0 Å². The Labute approximate surface area is 105 Å². The third-order valence-corrected chi connectivity index (χ3v) is 7.79. The highest BCUT2D eigenvalue weighted by atomic mass is 127. The first-order valence-electron chi connectivity index (χ1n) is 5.31. The summed E-state index contributed by atoms with van der Waals surface area (Å²) in [5.41, 5.74) is -0.493. The highest BCUT2D eigenvalue weighted by Crippen LogP contribution is 2.48. The lowest BCUT2D eigenvalue weighted by atomic mass is 9.92. The average Bonchev–Trinajstić information content (AvgIpc) is 2.64. The molecule has 88 valence electrons. The van der Waals surface area contributed by atoms with Gasteiger partial charge in [-0.15, -0.1) is 0 Å². The van der Waals surface area contributed by atoms with Crippen LogP contribution in [0, 0.1) is 0 Å². The first kappa shape index (κ1) is 12.1. The molecule has 0 radical (unpaired) electrons. The minimum atomic E-state index is -2.90. The van der Waals surface area contributed by atoms with Crippen molar-refractivity contribution in [2.24, 2.45) is 0 Å². The second-order valence-corrected chi connectivity index (χ2v) is 8.21. The second-order valence-electron chi connectivity index (χ2n) is 5.01. The molecule has 1 spiro atoms. The predicted octanol–water partition coefficient (Wildman–Crippen LogP) is 1.94. The maximum absolute atomic E-state index is 11.7. The predicted molar refractivity (Wildman–Crippen MR) is 68.2 cm³/mol. The zero-order valence-corrected chi connectivity index (χ0v) is 12.1. The van der Waals surface area contributed by atoms with Gasteiger partial charge in [-0.25, -0.2) is 8.42 Å². The summed E-state index contributed by atoms with van der Waals surface area (Å²) in [7, 11) is -2.90. The quantitative estimate of drug-likeness (QED) is 0.539. The summed E-state index contributed by atoms with van der Waals surface area (Å²) >= 11 is 2.32. The fraction of sp³-hybridized carbons (Fsp3) is 1.00. The van der Waals surface area contributed by atoms with E-state index in [0.29, 0.717) is 12.2 Å². The lowest BCUT2D eigenvalue weighted by Crippen LogP contribution is -2.41. The van der Waals surface area contributed by atoms with E-state index in [-0.39, 0.29) is 16.5 Å². The third kappa shape index (κ3) is 1.84. The Morgan fingerprint density at radius 1 is 1.40 bits per heavy atom. The minimum absolute atomic E-state index is 0.116. The molecule has 3 unspecified atom stereocenters. The van der Waals surface area contributed by atoms with E-state index in [4.69, 9.17) is 4.74 Å². The topological polar surface area (TPSA) is 43.4 Å². The standard InChI is InChI=1S/C10H17IO3S/c1-8-10(5-6-15(8,12)13)4-3-9(2,7-11)14-10/h8H,3-7H2,1-2H3. The van der Waals surface area contributed by atoms with Gasteiger partial charge in [0.25, 0.3) is 0 Å². The van der Waals surface area contributed by atoms with Gasteiger partial charge >= 0.3 is 0 Å². The average molecular weight is 344 g/mol. The Hall–Kier alpha value is 0.640. The van der Waals surface area contributed by atoms with Crippen LogP contribution in [0.4, 0.5) is 0 Å². The van der Waals surface area contributed by atoms with Crippen LogP contribution in [0.5, 0.6) is 0 Å². The SMILES string of the molecule is CC1C2(CCC(C)(CI)O2)CCS1(=O)=O. The van der Waals surface area contributed by atoms with Crippen LogP contribution in [0.3, 0.4) is 0 Å². The normalized spacial score (nSPS) is 48.9. The molecule has 0 N–H and O–H groups in total. The van der Waals surface area contributed by atoms with E-state index in [1.807, 2.05) is 0 Å². The number of halogens is 1. The first-order valence-corrected chi connectivity index (χ1v) is 8.55. The van der Waals surface area contributed by atoms with Gasteiger partial charge < -0.3 is 4.74 Å². The smallest absolute Gasteiger partial charge is 0.155 e. The molecule has 0 amide bonds. The number of hydrogen-bond donors (Lipinski definition) is 0. The molecule has 0 aromatic rings. The fourth-order valence-electron chi connectivity index (χ4n) is 2.65. The summed E-state index contributed by atoms with van der Waals surface area (Å²) in [5, 5.41) is -0.324. The molecule has 15 heavy (non-hydrogen) atoms. The highest BCUT2D eigenvalue weighted by molar-refractivity contribution is 14.1. The Morgan fingerprint density at radius 2 is 2.07 bits per heavy atom. The van der Waals surface area contributed by atoms with Crippen molar-refractivity contribution in [1.82, 2.24) is 0 Å². The largest absolute Gasteiger partial charge is 0.367 e. The summed E-state index contributed by atoms with van der Waals surface area (Å²) in [6.45, 7) is 3.90. The molecule has 2 aliphatic heterocycles. The van der Waals surface area contributed by atoms with Crippen molar-refractivity contribution < 1.29 is 13.2 Å². The summed E-state index contributed by atoms with van der Waals surface area (Å²) < 4.78 is 30.5. The van der Waals surface area contributed by atoms with Crippen molar-refractivity contribution in [2.75, 3.05) is 10.2 Å². The molecule has 0 bridgehead atoms. The van der Waals surface area contributed by atoms with Gasteiger partial charge in [0.15, 0.2) is 9.84 Å². The molecule has 0 saturated carbocycles. The van der Waals surface area contributed by atoms with Crippen molar-refractivity contribution in [1.29, 1.82) is 0 Å². The molecule has 3 atom stereocenters. The van der Waals surface area contributed by atoms with Gasteiger partial charge in [-0.2, -0.15) is 0 Å². The van der Waals surface area contributed by atoms with Crippen LogP contribution < -0.4 is 0 Å². The van der Waals surface area contributed by atoms with Crippen molar-refractivity contribution in [3.05, 3.63) is 0 Å². The molecule has 0 aromatic heterocycles. The van der Waals surface area contributed by atoms with Crippen LogP contribution in [-0.4, -0.2) is 35.1 Å². The second kappa shape index (κ2) is 3.57. The molecule has 0 aliphatic carbocycles. The number of hydrogen-bond acceptors (Lipinski definition) is 3. The summed E-state index contributed by atoms with van der Waals surface area (Å²) in [6, 6.07) is 0. The van der Waals surface area contributed by atoms with Gasteiger partial charge in [0, 0.05) is 4.43 Å². The van der Waals surface area contributed by atoms with E-state index in [2.05, 4.69) is 29.5 Å². The van der Waals surface area contributed by atoms with E-state index in [0.717, 1.165) is 17.3 Å². The Morgan fingerprint density at radius 3 is 2.47 bits per heavy atom. The molecule has 5 heteroatoms. The van der Waals surface area contributed by atoms with Gasteiger partial charge in [0.2, 0.25) is 0 Å². The van der Waals surface area contributed by atoms with E-state index in [1.165, 1.54) is 0 Å². The summed E-state index contributed by atoms with van der Waals surface area (Å²) in [6.07, 6.45) is 2.56. The zero-order valence-electron chi connectivity index (χ0n) is 9.12. The number of alkyl halides is 1. The highest BCUT2D eigenvalue weighted by Gasteiger charge is 2.56. The molecule has 3 nitrogen and oxygen atoms in total. The van der Waals surface area contributed by atoms with Gasteiger partial charge in [0.1, 0.15) is 0 Å². The zero-order chi connectivity index (χ0) is 11.3. The fourth-order valence-corrected chi connectivity index (χ4v) is 5.11. The summed E-state index contributed by atoms with van der Waals surface area (Å²) in [5.74, 6) is 0.297. The molecule has 2 saturated heterocycles. The van der Waals surface area contributed by atoms with Crippen LogP contribution in [0.15, 0.2) is 0 Å². The van der Waals surface area contributed by atoms with Crippen molar-refractivity contribution in [2.45, 2.75) is 49.6 Å². The summed E-state index contributed by atoms with van der Waals surface area (Å²) in [4.78, 5) is 0. The molecule has 2 aliphatic rings. The first-order chi connectivity index (χ1) is 6.84. The van der Waals surface area contributed by atoms with Crippen LogP contribution in [0.2, 0.25) is 0 Å². The number of sulfone groups is 1. The van der Waals surface area contributed by atoms with E-state index < -0.39 is 9.84 Å².